The Kier molecular flexibility index (Phi) is 4.44. The normalized spacial score (nSPS) is 12.4. The van der Waals surface area contributed by atoms with Gasteiger partial charge in [0.25, 0.3) is 0 Å². The third-order valence-electron chi connectivity index (χ3n) is 2.55. The van der Waals surface area contributed by atoms with Gasteiger partial charge in [-0.25, -0.2) is 0 Å². The van der Waals surface area contributed by atoms with E-state index in [-0.39, 0.29) is 0 Å². The molecule has 0 fully saturated rings. The SMILES string of the molecule is CCc1c(C(C)O)cc(OC)c(OC)c1Cl. The van der Waals surface area contributed by atoms with E-state index in [2.05, 4.69) is 0 Å². The van der Waals surface area contributed by atoms with Crippen LogP contribution >= 0.6 is 11.6 Å². The maximum absolute atomic E-state index is 9.69. The first-order chi connectivity index (χ1) is 7.56. The van der Waals surface area contributed by atoms with Gasteiger partial charge < -0.3 is 14.6 Å². The predicted molar refractivity (Wildman–Crippen MR) is 64.6 cm³/mol. The summed E-state index contributed by atoms with van der Waals surface area (Å²) in [4.78, 5) is 0. The second-order valence-corrected chi connectivity index (χ2v) is 3.90. The highest BCUT2D eigenvalue weighted by atomic mass is 35.5. The minimum atomic E-state index is -0.577. The molecule has 1 aromatic carbocycles. The molecule has 4 heteroatoms. The summed E-state index contributed by atoms with van der Waals surface area (Å²) in [6, 6.07) is 1.77. The van der Waals surface area contributed by atoms with Crippen LogP contribution in [-0.2, 0) is 6.42 Å². The Morgan fingerprint density at radius 1 is 1.38 bits per heavy atom. The molecular formula is C12H17ClO3. The van der Waals surface area contributed by atoms with Gasteiger partial charge in [-0.05, 0) is 30.5 Å². The molecule has 0 aliphatic heterocycles. The Morgan fingerprint density at radius 2 is 2.00 bits per heavy atom. The molecule has 1 aromatic rings. The highest BCUT2D eigenvalue weighted by molar-refractivity contribution is 6.33. The van der Waals surface area contributed by atoms with Crippen LogP contribution in [0.5, 0.6) is 11.5 Å². The van der Waals surface area contributed by atoms with Crippen LogP contribution in [0.25, 0.3) is 0 Å². The van der Waals surface area contributed by atoms with Crippen LogP contribution < -0.4 is 9.47 Å². The molecule has 16 heavy (non-hydrogen) atoms. The Morgan fingerprint density at radius 3 is 2.38 bits per heavy atom. The number of hydrogen-bond acceptors (Lipinski definition) is 3. The van der Waals surface area contributed by atoms with Crippen molar-refractivity contribution >= 4 is 11.6 Å². The Bertz CT molecular complexity index is 375. The number of hydrogen-bond donors (Lipinski definition) is 1. The van der Waals surface area contributed by atoms with Crippen molar-refractivity contribution in [3.63, 3.8) is 0 Å². The van der Waals surface area contributed by atoms with Crippen molar-refractivity contribution in [2.24, 2.45) is 0 Å². The lowest BCUT2D eigenvalue weighted by atomic mass is 10.00. The minimum absolute atomic E-state index is 0.514. The molecule has 3 nitrogen and oxygen atoms in total. The van der Waals surface area contributed by atoms with Crippen LogP contribution in [0, 0.1) is 0 Å². The Labute approximate surface area is 101 Å². The van der Waals surface area contributed by atoms with Crippen molar-refractivity contribution in [1.29, 1.82) is 0 Å². The molecule has 0 saturated heterocycles. The third-order valence-corrected chi connectivity index (χ3v) is 2.95. The molecular weight excluding hydrogens is 228 g/mol. The zero-order valence-corrected chi connectivity index (χ0v) is 10.8. The second kappa shape index (κ2) is 5.41. The van der Waals surface area contributed by atoms with E-state index in [1.165, 1.54) is 0 Å². The molecule has 0 bridgehead atoms. The zero-order chi connectivity index (χ0) is 12.3. The van der Waals surface area contributed by atoms with Gasteiger partial charge in [0.05, 0.1) is 25.3 Å². The second-order valence-electron chi connectivity index (χ2n) is 3.52. The van der Waals surface area contributed by atoms with Gasteiger partial charge in [-0.15, -0.1) is 0 Å². The standard InChI is InChI=1S/C12H17ClO3/c1-5-8-9(7(2)14)6-10(15-3)12(16-4)11(8)13/h6-7,14H,5H2,1-4H3. The summed E-state index contributed by atoms with van der Waals surface area (Å²) in [5.74, 6) is 1.06. The maximum atomic E-state index is 9.69. The Balaban J connectivity index is 3.47. The first-order valence-corrected chi connectivity index (χ1v) is 5.55. The van der Waals surface area contributed by atoms with Crippen molar-refractivity contribution < 1.29 is 14.6 Å². The third kappa shape index (κ3) is 2.25. The van der Waals surface area contributed by atoms with Crippen LogP contribution in [0.15, 0.2) is 6.07 Å². The first-order valence-electron chi connectivity index (χ1n) is 5.18. The lowest BCUT2D eigenvalue weighted by molar-refractivity contribution is 0.197. The number of benzene rings is 1. The lowest BCUT2D eigenvalue weighted by Gasteiger charge is -2.18. The molecule has 1 atom stereocenters. The van der Waals surface area contributed by atoms with Crippen LogP contribution in [0.3, 0.4) is 0 Å². The lowest BCUT2D eigenvalue weighted by Crippen LogP contribution is -2.02. The number of ether oxygens (including phenoxy) is 2. The molecule has 0 aliphatic carbocycles. The van der Waals surface area contributed by atoms with Crippen molar-refractivity contribution in [3.8, 4) is 11.5 Å². The van der Waals surface area contributed by atoms with Gasteiger partial charge in [0.15, 0.2) is 11.5 Å². The highest BCUT2D eigenvalue weighted by Gasteiger charge is 2.19. The summed E-state index contributed by atoms with van der Waals surface area (Å²) in [6.45, 7) is 3.69. The van der Waals surface area contributed by atoms with Crippen LogP contribution in [0.4, 0.5) is 0 Å². The van der Waals surface area contributed by atoms with E-state index in [1.54, 1.807) is 27.2 Å². The van der Waals surface area contributed by atoms with Gasteiger partial charge in [-0.1, -0.05) is 18.5 Å². The molecule has 90 valence electrons. The van der Waals surface area contributed by atoms with Crippen molar-refractivity contribution in [1.82, 2.24) is 0 Å². The molecule has 1 N–H and O–H groups in total. The van der Waals surface area contributed by atoms with Gasteiger partial charge in [0.1, 0.15) is 0 Å². The van der Waals surface area contributed by atoms with E-state index in [1.807, 2.05) is 6.92 Å². The summed E-state index contributed by atoms with van der Waals surface area (Å²) >= 11 is 6.23. The van der Waals surface area contributed by atoms with E-state index >= 15 is 0 Å². The molecule has 0 radical (unpaired) electrons. The van der Waals surface area contributed by atoms with Gasteiger partial charge >= 0.3 is 0 Å². The molecule has 0 spiro atoms. The molecule has 0 aliphatic rings. The molecule has 0 aromatic heterocycles. The maximum Gasteiger partial charge on any atom is 0.179 e. The topological polar surface area (TPSA) is 38.7 Å². The summed E-state index contributed by atoms with van der Waals surface area (Å²) in [5.41, 5.74) is 1.68. The Hall–Kier alpha value is -0.930. The highest BCUT2D eigenvalue weighted by Crippen LogP contribution is 2.41. The zero-order valence-electron chi connectivity index (χ0n) is 10.0. The molecule has 1 unspecified atom stereocenters. The summed E-state index contributed by atoms with van der Waals surface area (Å²) in [7, 11) is 3.09. The fourth-order valence-electron chi connectivity index (χ4n) is 1.74. The van der Waals surface area contributed by atoms with Gasteiger partial charge in [0.2, 0.25) is 0 Å². The molecule has 1 rings (SSSR count). The van der Waals surface area contributed by atoms with E-state index in [4.69, 9.17) is 21.1 Å². The minimum Gasteiger partial charge on any atom is -0.493 e. The average molecular weight is 245 g/mol. The van der Waals surface area contributed by atoms with Gasteiger partial charge in [0, 0.05) is 0 Å². The van der Waals surface area contributed by atoms with Crippen LogP contribution in [0.2, 0.25) is 5.02 Å². The van der Waals surface area contributed by atoms with E-state index in [0.29, 0.717) is 16.5 Å². The molecule has 0 amide bonds. The van der Waals surface area contributed by atoms with E-state index in [9.17, 15) is 5.11 Å². The van der Waals surface area contributed by atoms with E-state index < -0.39 is 6.10 Å². The number of halogens is 1. The van der Waals surface area contributed by atoms with Crippen LogP contribution in [0.1, 0.15) is 31.1 Å². The fourth-order valence-corrected chi connectivity index (χ4v) is 2.15. The molecule has 0 saturated carbocycles. The fraction of sp³-hybridized carbons (Fsp3) is 0.500. The smallest absolute Gasteiger partial charge is 0.179 e. The summed E-state index contributed by atoms with van der Waals surface area (Å²) < 4.78 is 10.4. The van der Waals surface area contributed by atoms with Crippen LogP contribution in [-0.4, -0.2) is 19.3 Å². The number of aliphatic hydroxyl groups excluding tert-OH is 1. The summed E-state index contributed by atoms with van der Waals surface area (Å²) in [5, 5.41) is 10.2. The number of rotatable bonds is 4. The number of methoxy groups -OCH3 is 2. The average Bonchev–Trinajstić information content (AvgIpc) is 2.27. The van der Waals surface area contributed by atoms with E-state index in [0.717, 1.165) is 17.5 Å². The largest absolute Gasteiger partial charge is 0.493 e. The first kappa shape index (κ1) is 13.1. The summed E-state index contributed by atoms with van der Waals surface area (Å²) in [6.07, 6.45) is 0.159. The van der Waals surface area contributed by atoms with Gasteiger partial charge in [-0.3, -0.25) is 0 Å². The predicted octanol–water partition coefficient (Wildman–Crippen LogP) is 2.97. The van der Waals surface area contributed by atoms with Gasteiger partial charge in [-0.2, -0.15) is 0 Å². The van der Waals surface area contributed by atoms with Crippen molar-refractivity contribution in [2.75, 3.05) is 14.2 Å². The monoisotopic (exact) mass is 244 g/mol. The molecule has 0 heterocycles. The number of aliphatic hydroxyl groups is 1. The van der Waals surface area contributed by atoms with Crippen molar-refractivity contribution in [2.45, 2.75) is 26.4 Å². The van der Waals surface area contributed by atoms with Crippen molar-refractivity contribution in [3.05, 3.63) is 22.2 Å². The quantitative estimate of drug-likeness (QED) is 0.885.